The Bertz CT molecular complexity index is 923. The Kier molecular flexibility index (Phi) is 8.54. The molecule has 2 aromatic rings. The van der Waals surface area contributed by atoms with Crippen LogP contribution in [0.3, 0.4) is 0 Å². The van der Waals surface area contributed by atoms with Gasteiger partial charge in [-0.1, -0.05) is 12.8 Å². The molecule has 1 aliphatic heterocycles. The van der Waals surface area contributed by atoms with Gasteiger partial charge in [0, 0.05) is 44.1 Å². The molecule has 0 spiro atoms. The van der Waals surface area contributed by atoms with Gasteiger partial charge in [0.2, 0.25) is 5.95 Å². The summed E-state index contributed by atoms with van der Waals surface area (Å²) in [4.78, 5) is 18.6. The first-order chi connectivity index (χ1) is 16.7. The van der Waals surface area contributed by atoms with E-state index in [0.29, 0.717) is 30.0 Å². The van der Waals surface area contributed by atoms with Gasteiger partial charge in [-0.15, -0.1) is 0 Å². The highest BCUT2D eigenvalue weighted by molar-refractivity contribution is 5.81. The first kappa shape index (κ1) is 24.2. The standard InChI is InChI=1S/C25H38N8O/c1-27-22-23(29-19-9-11-21(12-10-19)33-15-17-34-18-16-33)30-25(28-14-6-5-13-26)31-24(22)32(2)20-7-3-4-8-20/h9-12,20H,1,3-8,13-18,26H2,2H3,(H2,28,29,30,31). The van der Waals surface area contributed by atoms with Crippen molar-refractivity contribution in [2.45, 2.75) is 44.6 Å². The zero-order valence-corrected chi connectivity index (χ0v) is 20.3. The summed E-state index contributed by atoms with van der Waals surface area (Å²) in [5.41, 5.74) is 8.47. The maximum Gasteiger partial charge on any atom is 0.226 e. The Morgan fingerprint density at radius 2 is 1.88 bits per heavy atom. The summed E-state index contributed by atoms with van der Waals surface area (Å²) in [7, 11) is 2.10. The number of benzene rings is 1. The van der Waals surface area contributed by atoms with Gasteiger partial charge in [0.1, 0.15) is 5.69 Å². The minimum Gasteiger partial charge on any atom is -0.378 e. The summed E-state index contributed by atoms with van der Waals surface area (Å²) in [5, 5.41) is 6.84. The van der Waals surface area contributed by atoms with Crippen LogP contribution in [0.25, 0.3) is 0 Å². The Hall–Kier alpha value is -2.91. The molecule has 2 fully saturated rings. The predicted octanol–water partition coefficient (Wildman–Crippen LogP) is 3.92. The number of unbranched alkanes of at least 4 members (excludes halogenated alkanes) is 1. The predicted molar refractivity (Wildman–Crippen MR) is 141 cm³/mol. The van der Waals surface area contributed by atoms with Gasteiger partial charge in [-0.2, -0.15) is 9.97 Å². The van der Waals surface area contributed by atoms with Gasteiger partial charge in [-0.05, 0) is 63.2 Å². The van der Waals surface area contributed by atoms with Gasteiger partial charge in [0.15, 0.2) is 11.6 Å². The van der Waals surface area contributed by atoms with E-state index in [0.717, 1.165) is 57.2 Å². The third kappa shape index (κ3) is 5.95. The molecule has 1 aliphatic carbocycles. The maximum atomic E-state index is 5.64. The van der Waals surface area contributed by atoms with Crippen LogP contribution in [0, 0.1) is 0 Å². The fourth-order valence-electron chi connectivity index (χ4n) is 4.65. The van der Waals surface area contributed by atoms with E-state index in [-0.39, 0.29) is 0 Å². The fourth-order valence-corrected chi connectivity index (χ4v) is 4.65. The molecule has 1 saturated carbocycles. The highest BCUT2D eigenvalue weighted by atomic mass is 16.5. The van der Waals surface area contributed by atoms with Crippen molar-refractivity contribution in [3.8, 4) is 0 Å². The number of rotatable bonds is 11. The molecule has 0 atom stereocenters. The molecule has 184 valence electrons. The van der Waals surface area contributed by atoms with E-state index in [2.05, 4.69) is 63.5 Å². The average molecular weight is 467 g/mol. The van der Waals surface area contributed by atoms with Crippen molar-refractivity contribution >= 4 is 41.4 Å². The summed E-state index contributed by atoms with van der Waals surface area (Å²) in [6.07, 6.45) is 6.78. The zero-order valence-electron chi connectivity index (χ0n) is 20.3. The summed E-state index contributed by atoms with van der Waals surface area (Å²) in [6, 6.07) is 8.88. The number of hydrogen-bond donors (Lipinski definition) is 3. The molecule has 9 heteroatoms. The molecule has 2 heterocycles. The van der Waals surface area contributed by atoms with Gasteiger partial charge in [-0.3, -0.25) is 4.99 Å². The Morgan fingerprint density at radius 1 is 1.15 bits per heavy atom. The molecule has 4 N–H and O–H groups in total. The van der Waals surface area contributed by atoms with Gasteiger partial charge in [-0.25, -0.2) is 0 Å². The summed E-state index contributed by atoms with van der Waals surface area (Å²) < 4.78 is 5.47. The number of aromatic nitrogens is 2. The molecule has 9 nitrogen and oxygen atoms in total. The smallest absolute Gasteiger partial charge is 0.226 e. The SMILES string of the molecule is C=Nc1c(Nc2ccc(N3CCOCC3)cc2)nc(NCCCCN)nc1N(C)C1CCCC1. The van der Waals surface area contributed by atoms with E-state index in [9.17, 15) is 0 Å². The zero-order chi connectivity index (χ0) is 23.8. The molecule has 0 unspecified atom stereocenters. The third-order valence-electron chi connectivity index (χ3n) is 6.65. The third-order valence-corrected chi connectivity index (χ3v) is 6.65. The van der Waals surface area contributed by atoms with Crippen LogP contribution in [0.5, 0.6) is 0 Å². The topological polar surface area (TPSA) is 104 Å². The summed E-state index contributed by atoms with van der Waals surface area (Å²) >= 11 is 0. The van der Waals surface area contributed by atoms with Crippen molar-refractivity contribution in [3.05, 3.63) is 24.3 Å². The lowest BCUT2D eigenvalue weighted by Crippen LogP contribution is -2.36. The molecular formula is C25H38N8O. The summed E-state index contributed by atoms with van der Waals surface area (Å²) in [6.45, 7) is 8.68. The first-order valence-corrected chi connectivity index (χ1v) is 12.4. The Balaban J connectivity index is 1.58. The molecule has 2 aliphatic rings. The molecule has 4 rings (SSSR count). The largest absolute Gasteiger partial charge is 0.378 e. The van der Waals surface area contributed by atoms with E-state index in [1.807, 2.05) is 0 Å². The number of ether oxygens (including phenoxy) is 1. The second-order valence-electron chi connectivity index (χ2n) is 8.97. The maximum absolute atomic E-state index is 5.64. The number of nitrogens with two attached hydrogens (primary N) is 1. The van der Waals surface area contributed by atoms with Gasteiger partial charge < -0.3 is 30.9 Å². The fraction of sp³-hybridized carbons (Fsp3) is 0.560. The van der Waals surface area contributed by atoms with Crippen molar-refractivity contribution in [2.24, 2.45) is 10.7 Å². The number of nitrogens with one attached hydrogen (secondary N) is 2. The molecule has 1 aromatic heterocycles. The van der Waals surface area contributed by atoms with Crippen molar-refractivity contribution in [2.75, 3.05) is 66.9 Å². The molecule has 0 amide bonds. The number of nitrogens with zero attached hydrogens (tertiary/aromatic N) is 5. The van der Waals surface area contributed by atoms with Crippen LogP contribution in [0.1, 0.15) is 38.5 Å². The minimum absolute atomic E-state index is 0.459. The summed E-state index contributed by atoms with van der Waals surface area (Å²) in [5.74, 6) is 2.06. The van der Waals surface area contributed by atoms with E-state index < -0.39 is 0 Å². The lowest BCUT2D eigenvalue weighted by molar-refractivity contribution is 0.122. The van der Waals surface area contributed by atoms with E-state index in [4.69, 9.17) is 20.4 Å². The Labute approximate surface area is 202 Å². The highest BCUT2D eigenvalue weighted by Crippen LogP contribution is 2.38. The number of aliphatic imine (C=N–C) groups is 1. The molecule has 34 heavy (non-hydrogen) atoms. The molecular weight excluding hydrogens is 428 g/mol. The van der Waals surface area contributed by atoms with Crippen LogP contribution in [0.2, 0.25) is 0 Å². The average Bonchev–Trinajstić information content (AvgIpc) is 3.42. The second-order valence-corrected chi connectivity index (χ2v) is 8.97. The van der Waals surface area contributed by atoms with Crippen molar-refractivity contribution in [1.29, 1.82) is 0 Å². The van der Waals surface area contributed by atoms with Crippen LogP contribution in [0.15, 0.2) is 29.3 Å². The molecule has 1 aromatic carbocycles. The first-order valence-electron chi connectivity index (χ1n) is 12.4. The Morgan fingerprint density at radius 3 is 2.56 bits per heavy atom. The lowest BCUT2D eigenvalue weighted by Gasteiger charge is -2.29. The quantitative estimate of drug-likeness (QED) is 0.338. The highest BCUT2D eigenvalue weighted by Gasteiger charge is 2.25. The van der Waals surface area contributed by atoms with Crippen LogP contribution in [-0.2, 0) is 4.74 Å². The lowest BCUT2D eigenvalue weighted by atomic mass is 10.2. The van der Waals surface area contributed by atoms with Crippen LogP contribution in [0.4, 0.5) is 34.6 Å². The minimum atomic E-state index is 0.459. The van der Waals surface area contributed by atoms with Crippen LogP contribution >= 0.6 is 0 Å². The van der Waals surface area contributed by atoms with Crippen LogP contribution < -0.4 is 26.2 Å². The van der Waals surface area contributed by atoms with Crippen molar-refractivity contribution in [3.63, 3.8) is 0 Å². The number of morpholine rings is 1. The van der Waals surface area contributed by atoms with Gasteiger partial charge in [0.05, 0.1) is 13.2 Å². The van der Waals surface area contributed by atoms with Crippen molar-refractivity contribution < 1.29 is 4.74 Å². The van der Waals surface area contributed by atoms with E-state index >= 15 is 0 Å². The van der Waals surface area contributed by atoms with Gasteiger partial charge in [0.25, 0.3) is 0 Å². The normalized spacial score (nSPS) is 16.5. The monoisotopic (exact) mass is 466 g/mol. The molecule has 0 bridgehead atoms. The van der Waals surface area contributed by atoms with Gasteiger partial charge >= 0.3 is 0 Å². The van der Waals surface area contributed by atoms with Crippen molar-refractivity contribution in [1.82, 2.24) is 9.97 Å². The van der Waals surface area contributed by atoms with Crippen LogP contribution in [-0.4, -0.2) is 69.2 Å². The van der Waals surface area contributed by atoms with E-state index in [1.165, 1.54) is 31.4 Å². The number of hydrogen-bond acceptors (Lipinski definition) is 9. The van der Waals surface area contributed by atoms with E-state index in [1.54, 1.807) is 0 Å². The molecule has 1 saturated heterocycles. The number of anilines is 5. The molecule has 0 radical (unpaired) electrons. The second kappa shape index (κ2) is 12.0.